The van der Waals surface area contributed by atoms with Gasteiger partial charge >= 0.3 is 0 Å². The molecule has 2 rings (SSSR count). The standard InChI is InChI=1S/C10H14N4/c1-3-8-13-6(2)9-7(4-11)5-12-10(9)14-8/h5H,3-4,11H2,1-2H3,(H,12,13,14). The molecule has 4 heteroatoms. The molecule has 0 radical (unpaired) electrons. The molecule has 2 heterocycles. The number of fused-ring (bicyclic) bond motifs is 1. The Morgan fingerprint density at radius 2 is 2.21 bits per heavy atom. The molecule has 0 amide bonds. The van der Waals surface area contributed by atoms with E-state index in [9.17, 15) is 0 Å². The van der Waals surface area contributed by atoms with Crippen molar-refractivity contribution in [1.29, 1.82) is 0 Å². The van der Waals surface area contributed by atoms with Gasteiger partial charge in [0, 0.05) is 24.5 Å². The zero-order chi connectivity index (χ0) is 10.1. The molecule has 74 valence electrons. The minimum atomic E-state index is 0.523. The van der Waals surface area contributed by atoms with Crippen molar-refractivity contribution in [3.05, 3.63) is 23.3 Å². The normalized spacial score (nSPS) is 11.1. The van der Waals surface area contributed by atoms with Gasteiger partial charge in [-0.1, -0.05) is 6.92 Å². The van der Waals surface area contributed by atoms with Crippen molar-refractivity contribution in [2.45, 2.75) is 26.8 Å². The molecule has 0 unspecified atom stereocenters. The third kappa shape index (κ3) is 1.28. The average molecular weight is 190 g/mol. The van der Waals surface area contributed by atoms with E-state index in [0.29, 0.717) is 6.54 Å². The highest BCUT2D eigenvalue weighted by Crippen LogP contribution is 2.19. The highest BCUT2D eigenvalue weighted by Gasteiger charge is 2.08. The van der Waals surface area contributed by atoms with Gasteiger partial charge in [0.2, 0.25) is 0 Å². The quantitative estimate of drug-likeness (QED) is 0.749. The van der Waals surface area contributed by atoms with Crippen LogP contribution < -0.4 is 5.73 Å². The zero-order valence-corrected chi connectivity index (χ0v) is 8.46. The Bertz CT molecular complexity index is 458. The molecule has 14 heavy (non-hydrogen) atoms. The Morgan fingerprint density at radius 1 is 1.43 bits per heavy atom. The molecule has 0 fully saturated rings. The van der Waals surface area contributed by atoms with Crippen LogP contribution in [0.4, 0.5) is 0 Å². The minimum absolute atomic E-state index is 0.523. The largest absolute Gasteiger partial charge is 0.346 e. The third-order valence-electron chi connectivity index (χ3n) is 2.38. The van der Waals surface area contributed by atoms with Crippen molar-refractivity contribution >= 4 is 11.0 Å². The fourth-order valence-corrected chi connectivity index (χ4v) is 1.67. The first-order valence-corrected chi connectivity index (χ1v) is 4.79. The van der Waals surface area contributed by atoms with Crippen molar-refractivity contribution in [3.63, 3.8) is 0 Å². The van der Waals surface area contributed by atoms with Gasteiger partial charge in [0.25, 0.3) is 0 Å². The van der Waals surface area contributed by atoms with Gasteiger partial charge in [-0.2, -0.15) is 0 Å². The van der Waals surface area contributed by atoms with E-state index in [1.165, 1.54) is 0 Å². The number of hydrogen-bond donors (Lipinski definition) is 2. The maximum absolute atomic E-state index is 5.62. The molecule has 3 N–H and O–H groups in total. The monoisotopic (exact) mass is 190 g/mol. The average Bonchev–Trinajstić information content (AvgIpc) is 2.61. The first kappa shape index (κ1) is 9.15. The van der Waals surface area contributed by atoms with Crippen LogP contribution in [0.3, 0.4) is 0 Å². The van der Waals surface area contributed by atoms with E-state index in [1.807, 2.05) is 20.0 Å². The van der Waals surface area contributed by atoms with Crippen LogP contribution in [-0.2, 0) is 13.0 Å². The number of nitrogens with zero attached hydrogens (tertiary/aromatic N) is 2. The molecule has 0 aromatic carbocycles. The highest BCUT2D eigenvalue weighted by molar-refractivity contribution is 5.82. The van der Waals surface area contributed by atoms with E-state index < -0.39 is 0 Å². The molecule has 0 spiro atoms. The number of hydrogen-bond acceptors (Lipinski definition) is 3. The number of H-pyrrole nitrogens is 1. The second kappa shape index (κ2) is 3.38. The summed E-state index contributed by atoms with van der Waals surface area (Å²) in [6.45, 7) is 4.57. The maximum atomic E-state index is 5.62. The molecule has 0 aliphatic heterocycles. The maximum Gasteiger partial charge on any atom is 0.141 e. The predicted octanol–water partition coefficient (Wildman–Crippen LogP) is 1.29. The van der Waals surface area contributed by atoms with Gasteiger partial charge in [-0.15, -0.1) is 0 Å². The lowest BCUT2D eigenvalue weighted by molar-refractivity contribution is 0.936. The van der Waals surface area contributed by atoms with Gasteiger partial charge in [0.1, 0.15) is 11.5 Å². The van der Waals surface area contributed by atoms with E-state index in [4.69, 9.17) is 5.73 Å². The number of rotatable bonds is 2. The first-order chi connectivity index (χ1) is 6.76. The molecule has 0 saturated carbocycles. The SMILES string of the molecule is CCc1nc(C)c2c(CN)c[nH]c2n1. The van der Waals surface area contributed by atoms with Crippen LogP contribution in [0.1, 0.15) is 24.0 Å². The summed E-state index contributed by atoms with van der Waals surface area (Å²) in [5, 5.41) is 1.07. The number of aromatic amines is 1. The molecule has 0 aliphatic carbocycles. The molecule has 4 nitrogen and oxygen atoms in total. The molecule has 0 saturated heterocycles. The molecule has 2 aromatic rings. The molecule has 0 atom stereocenters. The van der Waals surface area contributed by atoms with Crippen molar-refractivity contribution in [2.75, 3.05) is 0 Å². The summed E-state index contributed by atoms with van der Waals surface area (Å²) in [4.78, 5) is 11.9. The van der Waals surface area contributed by atoms with Crippen LogP contribution in [0, 0.1) is 6.92 Å². The van der Waals surface area contributed by atoms with Crippen molar-refractivity contribution in [1.82, 2.24) is 15.0 Å². The van der Waals surface area contributed by atoms with Crippen LogP contribution in [0.2, 0.25) is 0 Å². The molecule has 0 aliphatic rings. The topological polar surface area (TPSA) is 67.6 Å². The van der Waals surface area contributed by atoms with Gasteiger partial charge in [-0.05, 0) is 12.5 Å². The van der Waals surface area contributed by atoms with Crippen LogP contribution in [0.25, 0.3) is 11.0 Å². The van der Waals surface area contributed by atoms with Crippen molar-refractivity contribution in [3.8, 4) is 0 Å². The van der Waals surface area contributed by atoms with Crippen LogP contribution in [0.15, 0.2) is 6.20 Å². The van der Waals surface area contributed by atoms with Crippen LogP contribution in [0.5, 0.6) is 0 Å². The van der Waals surface area contributed by atoms with Gasteiger partial charge in [0.05, 0.1) is 5.69 Å². The molecule has 2 aromatic heterocycles. The Kier molecular flexibility index (Phi) is 2.21. The Balaban J connectivity index is 2.72. The summed E-state index contributed by atoms with van der Waals surface area (Å²) < 4.78 is 0. The van der Waals surface area contributed by atoms with E-state index in [2.05, 4.69) is 15.0 Å². The van der Waals surface area contributed by atoms with E-state index in [-0.39, 0.29) is 0 Å². The molecule has 0 bridgehead atoms. The zero-order valence-electron chi connectivity index (χ0n) is 8.46. The third-order valence-corrected chi connectivity index (χ3v) is 2.38. The second-order valence-electron chi connectivity index (χ2n) is 3.32. The number of aryl methyl sites for hydroxylation is 2. The van der Waals surface area contributed by atoms with Gasteiger partial charge in [-0.25, -0.2) is 9.97 Å². The lowest BCUT2D eigenvalue weighted by atomic mass is 10.2. The molecular formula is C10H14N4. The van der Waals surface area contributed by atoms with Crippen molar-refractivity contribution in [2.24, 2.45) is 5.73 Å². The first-order valence-electron chi connectivity index (χ1n) is 4.79. The number of nitrogens with one attached hydrogen (secondary N) is 1. The lowest BCUT2D eigenvalue weighted by Crippen LogP contribution is -1.99. The van der Waals surface area contributed by atoms with Gasteiger partial charge in [-0.3, -0.25) is 0 Å². The number of aromatic nitrogens is 3. The molecular weight excluding hydrogens is 176 g/mol. The van der Waals surface area contributed by atoms with Gasteiger partial charge < -0.3 is 10.7 Å². The van der Waals surface area contributed by atoms with Crippen LogP contribution >= 0.6 is 0 Å². The van der Waals surface area contributed by atoms with Crippen molar-refractivity contribution < 1.29 is 0 Å². The minimum Gasteiger partial charge on any atom is -0.346 e. The number of nitrogens with two attached hydrogens (primary N) is 1. The van der Waals surface area contributed by atoms with E-state index >= 15 is 0 Å². The summed E-state index contributed by atoms with van der Waals surface area (Å²) >= 11 is 0. The fraction of sp³-hybridized carbons (Fsp3) is 0.400. The van der Waals surface area contributed by atoms with E-state index in [0.717, 1.165) is 34.5 Å². The second-order valence-corrected chi connectivity index (χ2v) is 3.32. The lowest BCUT2D eigenvalue weighted by Gasteiger charge is -2.01. The predicted molar refractivity (Wildman–Crippen MR) is 55.9 cm³/mol. The Hall–Kier alpha value is -1.42. The Morgan fingerprint density at radius 3 is 2.86 bits per heavy atom. The van der Waals surface area contributed by atoms with E-state index in [1.54, 1.807) is 0 Å². The summed E-state index contributed by atoms with van der Waals surface area (Å²) in [6, 6.07) is 0. The summed E-state index contributed by atoms with van der Waals surface area (Å²) in [5.74, 6) is 0.875. The van der Waals surface area contributed by atoms with Crippen LogP contribution in [-0.4, -0.2) is 15.0 Å². The fourth-order valence-electron chi connectivity index (χ4n) is 1.67. The smallest absolute Gasteiger partial charge is 0.141 e. The summed E-state index contributed by atoms with van der Waals surface area (Å²) in [6.07, 6.45) is 2.76. The summed E-state index contributed by atoms with van der Waals surface area (Å²) in [5.41, 5.74) is 8.61. The Labute approximate surface area is 82.6 Å². The summed E-state index contributed by atoms with van der Waals surface area (Å²) in [7, 11) is 0. The highest BCUT2D eigenvalue weighted by atomic mass is 14.9. The van der Waals surface area contributed by atoms with Gasteiger partial charge in [0.15, 0.2) is 0 Å².